The number of hydrogen-bond donors (Lipinski definition) is 1. The Labute approximate surface area is 81.3 Å². The fourth-order valence-electron chi connectivity index (χ4n) is 0.987. The normalized spacial score (nSPS) is 9.79. The van der Waals surface area contributed by atoms with Crippen LogP contribution in [0.1, 0.15) is 5.69 Å². The molecule has 0 saturated heterocycles. The summed E-state index contributed by atoms with van der Waals surface area (Å²) in [5.74, 6) is 1.17. The molecule has 0 amide bonds. The quantitative estimate of drug-likeness (QED) is 0.768. The summed E-state index contributed by atoms with van der Waals surface area (Å²) in [5.41, 5.74) is 0.909. The lowest BCUT2D eigenvalue weighted by Gasteiger charge is -2.02. The van der Waals surface area contributed by atoms with Gasteiger partial charge in [0, 0.05) is 24.3 Å². The van der Waals surface area contributed by atoms with Crippen LogP contribution in [-0.4, -0.2) is 19.9 Å². The summed E-state index contributed by atoms with van der Waals surface area (Å²) < 4.78 is 0. The van der Waals surface area contributed by atoms with Crippen LogP contribution >= 0.6 is 0 Å². The van der Waals surface area contributed by atoms with Gasteiger partial charge < -0.3 is 5.32 Å². The van der Waals surface area contributed by atoms with Gasteiger partial charge in [-0.15, -0.1) is 0 Å². The Balaban J connectivity index is 2.19. The van der Waals surface area contributed by atoms with Crippen molar-refractivity contribution in [2.75, 3.05) is 5.32 Å². The van der Waals surface area contributed by atoms with E-state index < -0.39 is 0 Å². The van der Waals surface area contributed by atoms with Gasteiger partial charge in [-0.3, -0.25) is 4.98 Å². The van der Waals surface area contributed by atoms with E-state index in [1.165, 1.54) is 0 Å². The zero-order chi connectivity index (χ0) is 9.80. The maximum Gasteiger partial charge on any atom is 0.228 e. The van der Waals surface area contributed by atoms with Crippen LogP contribution in [0.5, 0.6) is 0 Å². The second-order valence-electron chi connectivity index (χ2n) is 2.74. The number of nitrogens with zero attached hydrogens (tertiary/aromatic N) is 4. The second kappa shape index (κ2) is 3.78. The minimum atomic E-state index is 0.533. The molecule has 0 aromatic carbocycles. The monoisotopic (exact) mass is 187 g/mol. The van der Waals surface area contributed by atoms with Crippen LogP contribution in [0.3, 0.4) is 0 Å². The molecule has 2 heterocycles. The van der Waals surface area contributed by atoms with Crippen molar-refractivity contribution in [1.29, 1.82) is 0 Å². The van der Waals surface area contributed by atoms with E-state index in [2.05, 4.69) is 25.3 Å². The van der Waals surface area contributed by atoms with Crippen LogP contribution < -0.4 is 5.32 Å². The molecule has 2 aromatic heterocycles. The van der Waals surface area contributed by atoms with E-state index in [-0.39, 0.29) is 0 Å². The first-order chi connectivity index (χ1) is 6.84. The molecule has 0 fully saturated rings. The Kier molecular flexibility index (Phi) is 2.31. The molecule has 1 N–H and O–H groups in total. The summed E-state index contributed by atoms with van der Waals surface area (Å²) in [6, 6.07) is 1.84. The molecule has 0 bridgehead atoms. The standard InChI is InChI=1S/C9H9N5/c1-7-2-3-12-9(13-7)14-8-6-10-4-5-11-8/h2-6H,1H3,(H,11,12,13,14). The summed E-state index contributed by atoms with van der Waals surface area (Å²) >= 11 is 0. The Bertz CT molecular complexity index is 415. The van der Waals surface area contributed by atoms with Crippen LogP contribution in [0.4, 0.5) is 11.8 Å². The van der Waals surface area contributed by atoms with E-state index in [1.807, 2.05) is 13.0 Å². The van der Waals surface area contributed by atoms with E-state index >= 15 is 0 Å². The van der Waals surface area contributed by atoms with Crippen molar-refractivity contribution in [3.63, 3.8) is 0 Å². The van der Waals surface area contributed by atoms with Crippen molar-refractivity contribution in [1.82, 2.24) is 19.9 Å². The summed E-state index contributed by atoms with van der Waals surface area (Å²) in [6.07, 6.45) is 6.53. The molecular formula is C9H9N5. The molecular weight excluding hydrogens is 178 g/mol. The molecule has 2 aromatic rings. The molecule has 5 heteroatoms. The fourth-order valence-corrected chi connectivity index (χ4v) is 0.987. The first-order valence-electron chi connectivity index (χ1n) is 4.17. The number of nitrogens with one attached hydrogen (secondary N) is 1. The van der Waals surface area contributed by atoms with Gasteiger partial charge in [-0.25, -0.2) is 15.0 Å². The first kappa shape index (κ1) is 8.55. The lowest BCUT2D eigenvalue weighted by atomic mass is 10.5. The molecule has 0 aliphatic rings. The van der Waals surface area contributed by atoms with Crippen LogP contribution in [-0.2, 0) is 0 Å². The van der Waals surface area contributed by atoms with Crippen molar-refractivity contribution in [3.8, 4) is 0 Å². The molecule has 0 atom stereocenters. The molecule has 14 heavy (non-hydrogen) atoms. The van der Waals surface area contributed by atoms with Crippen LogP contribution in [0.2, 0.25) is 0 Å². The third kappa shape index (κ3) is 2.01. The van der Waals surface area contributed by atoms with Gasteiger partial charge in [-0.2, -0.15) is 0 Å². The van der Waals surface area contributed by atoms with Gasteiger partial charge >= 0.3 is 0 Å². The predicted octanol–water partition coefficient (Wildman–Crippen LogP) is 1.32. The van der Waals surface area contributed by atoms with Crippen molar-refractivity contribution >= 4 is 11.8 Å². The topological polar surface area (TPSA) is 63.6 Å². The highest BCUT2D eigenvalue weighted by atomic mass is 15.1. The predicted molar refractivity (Wildman–Crippen MR) is 52.1 cm³/mol. The highest BCUT2D eigenvalue weighted by Gasteiger charge is 1.97. The molecule has 0 unspecified atom stereocenters. The van der Waals surface area contributed by atoms with Gasteiger partial charge in [-0.1, -0.05) is 0 Å². The average Bonchev–Trinajstić information content (AvgIpc) is 2.19. The van der Waals surface area contributed by atoms with Gasteiger partial charge in [0.2, 0.25) is 5.95 Å². The Morgan fingerprint density at radius 2 is 2.07 bits per heavy atom. The van der Waals surface area contributed by atoms with E-state index in [0.717, 1.165) is 5.69 Å². The molecule has 70 valence electrons. The van der Waals surface area contributed by atoms with Crippen LogP contribution in [0, 0.1) is 6.92 Å². The van der Waals surface area contributed by atoms with Gasteiger partial charge in [0.05, 0.1) is 6.20 Å². The number of aromatic nitrogens is 4. The SMILES string of the molecule is Cc1ccnc(Nc2cnccn2)n1. The third-order valence-electron chi connectivity index (χ3n) is 1.60. The second-order valence-corrected chi connectivity index (χ2v) is 2.74. The number of anilines is 2. The van der Waals surface area contributed by atoms with E-state index in [0.29, 0.717) is 11.8 Å². The van der Waals surface area contributed by atoms with Crippen LogP contribution in [0.25, 0.3) is 0 Å². The largest absolute Gasteiger partial charge is 0.307 e. The maximum atomic E-state index is 4.18. The number of rotatable bonds is 2. The highest BCUT2D eigenvalue weighted by molar-refractivity contribution is 5.45. The van der Waals surface area contributed by atoms with Gasteiger partial charge in [-0.05, 0) is 13.0 Å². The molecule has 0 saturated carbocycles. The van der Waals surface area contributed by atoms with Crippen molar-refractivity contribution in [3.05, 3.63) is 36.5 Å². The molecule has 0 spiro atoms. The van der Waals surface area contributed by atoms with Gasteiger partial charge in [0.15, 0.2) is 5.82 Å². The Hall–Kier alpha value is -2.04. The van der Waals surface area contributed by atoms with Crippen LogP contribution in [0.15, 0.2) is 30.9 Å². The van der Waals surface area contributed by atoms with Crippen molar-refractivity contribution < 1.29 is 0 Å². The summed E-state index contributed by atoms with van der Waals surface area (Å²) in [4.78, 5) is 16.2. The van der Waals surface area contributed by atoms with Gasteiger partial charge in [0.1, 0.15) is 0 Å². The first-order valence-corrected chi connectivity index (χ1v) is 4.17. The zero-order valence-corrected chi connectivity index (χ0v) is 7.68. The lowest BCUT2D eigenvalue weighted by Crippen LogP contribution is -1.99. The minimum Gasteiger partial charge on any atom is -0.307 e. The summed E-state index contributed by atoms with van der Waals surface area (Å²) in [7, 11) is 0. The Morgan fingerprint density at radius 3 is 2.79 bits per heavy atom. The lowest BCUT2D eigenvalue weighted by molar-refractivity contribution is 1.09. The Morgan fingerprint density at radius 1 is 1.14 bits per heavy atom. The molecule has 0 aliphatic heterocycles. The van der Waals surface area contributed by atoms with Gasteiger partial charge in [0.25, 0.3) is 0 Å². The van der Waals surface area contributed by atoms with E-state index in [4.69, 9.17) is 0 Å². The summed E-state index contributed by atoms with van der Waals surface area (Å²) in [6.45, 7) is 1.91. The molecule has 5 nitrogen and oxygen atoms in total. The van der Waals surface area contributed by atoms with E-state index in [1.54, 1.807) is 24.8 Å². The van der Waals surface area contributed by atoms with Crippen molar-refractivity contribution in [2.24, 2.45) is 0 Å². The smallest absolute Gasteiger partial charge is 0.228 e. The number of aryl methyl sites for hydroxylation is 1. The van der Waals surface area contributed by atoms with E-state index in [9.17, 15) is 0 Å². The third-order valence-corrected chi connectivity index (χ3v) is 1.60. The van der Waals surface area contributed by atoms with Crippen molar-refractivity contribution in [2.45, 2.75) is 6.92 Å². The molecule has 2 rings (SSSR count). The fraction of sp³-hybridized carbons (Fsp3) is 0.111. The molecule has 0 aliphatic carbocycles. The maximum absolute atomic E-state index is 4.18. The highest BCUT2D eigenvalue weighted by Crippen LogP contribution is 2.06. The average molecular weight is 187 g/mol. The zero-order valence-electron chi connectivity index (χ0n) is 7.68. The molecule has 0 radical (unpaired) electrons. The summed E-state index contributed by atoms with van der Waals surface area (Å²) in [5, 5.41) is 2.95. The number of hydrogen-bond acceptors (Lipinski definition) is 5. The minimum absolute atomic E-state index is 0.533.